The standard InChI is InChI=1S/C16H17N3O3S/c20-16(15-10-11-4-3-7-14(11)23-15)18-9-8-17-12-5-1-2-6-13(12)19(21)22/h1-2,5-6,10,17H,3-4,7-9H2,(H,18,20). The zero-order valence-electron chi connectivity index (χ0n) is 12.5. The van der Waals surface area contributed by atoms with E-state index in [2.05, 4.69) is 10.6 Å². The van der Waals surface area contributed by atoms with Crippen LogP contribution in [0, 0.1) is 10.1 Å². The van der Waals surface area contributed by atoms with E-state index in [0.29, 0.717) is 18.8 Å². The van der Waals surface area contributed by atoms with Gasteiger partial charge in [0.25, 0.3) is 11.6 Å². The first kappa shape index (κ1) is 15.5. The molecule has 1 heterocycles. The third-order valence-corrected chi connectivity index (χ3v) is 5.03. The fourth-order valence-electron chi connectivity index (χ4n) is 2.68. The van der Waals surface area contributed by atoms with E-state index < -0.39 is 4.92 Å². The number of benzene rings is 1. The Kier molecular flexibility index (Phi) is 4.57. The summed E-state index contributed by atoms with van der Waals surface area (Å²) in [5.74, 6) is -0.0752. The van der Waals surface area contributed by atoms with Crippen molar-refractivity contribution >= 4 is 28.6 Å². The average molecular weight is 331 g/mol. The van der Waals surface area contributed by atoms with Gasteiger partial charge in [0.15, 0.2) is 0 Å². The molecule has 1 amide bonds. The molecule has 120 valence electrons. The highest BCUT2D eigenvalue weighted by molar-refractivity contribution is 7.14. The van der Waals surface area contributed by atoms with Gasteiger partial charge in [0.05, 0.1) is 9.80 Å². The molecular weight excluding hydrogens is 314 g/mol. The molecule has 0 bridgehead atoms. The van der Waals surface area contributed by atoms with Gasteiger partial charge in [-0.2, -0.15) is 0 Å². The molecule has 0 atom stereocenters. The Labute approximate surface area is 137 Å². The molecule has 0 radical (unpaired) electrons. The van der Waals surface area contributed by atoms with Crippen LogP contribution in [-0.2, 0) is 12.8 Å². The van der Waals surface area contributed by atoms with Gasteiger partial charge in [0.2, 0.25) is 0 Å². The lowest BCUT2D eigenvalue weighted by molar-refractivity contribution is -0.384. The summed E-state index contributed by atoms with van der Waals surface area (Å²) in [5, 5.41) is 16.7. The average Bonchev–Trinajstić information content (AvgIpc) is 3.13. The normalized spacial score (nSPS) is 12.7. The number of thiophene rings is 1. The molecule has 2 N–H and O–H groups in total. The topological polar surface area (TPSA) is 84.3 Å². The number of para-hydroxylation sites is 2. The Morgan fingerprint density at radius 1 is 1.26 bits per heavy atom. The van der Waals surface area contributed by atoms with Gasteiger partial charge in [-0.3, -0.25) is 14.9 Å². The molecule has 0 saturated carbocycles. The summed E-state index contributed by atoms with van der Waals surface area (Å²) in [6, 6.07) is 8.46. The van der Waals surface area contributed by atoms with Crippen LogP contribution < -0.4 is 10.6 Å². The van der Waals surface area contributed by atoms with Gasteiger partial charge >= 0.3 is 0 Å². The summed E-state index contributed by atoms with van der Waals surface area (Å²) < 4.78 is 0. The fraction of sp³-hybridized carbons (Fsp3) is 0.312. The highest BCUT2D eigenvalue weighted by atomic mass is 32.1. The van der Waals surface area contributed by atoms with E-state index >= 15 is 0 Å². The smallest absolute Gasteiger partial charge is 0.292 e. The fourth-order valence-corrected chi connectivity index (χ4v) is 3.85. The minimum atomic E-state index is -0.423. The molecule has 6 nitrogen and oxygen atoms in total. The second kappa shape index (κ2) is 6.78. The number of nitro benzene ring substituents is 1. The predicted octanol–water partition coefficient (Wildman–Crippen LogP) is 2.99. The van der Waals surface area contributed by atoms with E-state index in [1.54, 1.807) is 29.5 Å². The highest BCUT2D eigenvalue weighted by Gasteiger charge is 2.18. The first-order chi connectivity index (χ1) is 11.1. The van der Waals surface area contributed by atoms with Gasteiger partial charge < -0.3 is 10.6 Å². The molecule has 0 aliphatic heterocycles. The van der Waals surface area contributed by atoms with Crippen molar-refractivity contribution in [3.05, 3.63) is 55.8 Å². The van der Waals surface area contributed by atoms with Crippen LogP contribution in [0.1, 0.15) is 26.5 Å². The van der Waals surface area contributed by atoms with Gasteiger partial charge in [-0.05, 0) is 37.0 Å². The zero-order valence-corrected chi connectivity index (χ0v) is 13.3. The van der Waals surface area contributed by atoms with Crippen LogP contribution in [0.5, 0.6) is 0 Å². The van der Waals surface area contributed by atoms with Crippen LogP contribution >= 0.6 is 11.3 Å². The van der Waals surface area contributed by atoms with Crippen molar-refractivity contribution in [3.8, 4) is 0 Å². The second-order valence-electron chi connectivity index (χ2n) is 5.37. The van der Waals surface area contributed by atoms with Crippen LogP contribution in [-0.4, -0.2) is 23.9 Å². The van der Waals surface area contributed by atoms with Crippen molar-refractivity contribution in [1.82, 2.24) is 5.32 Å². The summed E-state index contributed by atoms with van der Waals surface area (Å²) in [7, 11) is 0. The summed E-state index contributed by atoms with van der Waals surface area (Å²) in [5.41, 5.74) is 1.80. The lowest BCUT2D eigenvalue weighted by Crippen LogP contribution is -2.28. The quantitative estimate of drug-likeness (QED) is 0.484. The molecule has 3 rings (SSSR count). The first-order valence-electron chi connectivity index (χ1n) is 7.52. The third-order valence-electron chi connectivity index (χ3n) is 3.80. The zero-order chi connectivity index (χ0) is 16.2. The monoisotopic (exact) mass is 331 g/mol. The Morgan fingerprint density at radius 3 is 2.87 bits per heavy atom. The van der Waals surface area contributed by atoms with E-state index in [4.69, 9.17) is 0 Å². The number of nitro groups is 1. The number of nitrogens with zero attached hydrogens (tertiary/aromatic N) is 1. The lowest BCUT2D eigenvalue weighted by Gasteiger charge is -2.07. The van der Waals surface area contributed by atoms with Crippen LogP contribution in [0.3, 0.4) is 0 Å². The van der Waals surface area contributed by atoms with Crippen molar-refractivity contribution in [2.75, 3.05) is 18.4 Å². The van der Waals surface area contributed by atoms with E-state index in [1.165, 1.54) is 22.9 Å². The minimum absolute atomic E-state index is 0.0357. The van der Waals surface area contributed by atoms with Crippen LogP contribution in [0.25, 0.3) is 0 Å². The Bertz CT molecular complexity index is 720. The Hall–Kier alpha value is -2.41. The summed E-state index contributed by atoms with van der Waals surface area (Å²) in [4.78, 5) is 24.7. The van der Waals surface area contributed by atoms with Gasteiger partial charge in [0, 0.05) is 24.0 Å². The predicted molar refractivity (Wildman–Crippen MR) is 90.3 cm³/mol. The first-order valence-corrected chi connectivity index (χ1v) is 8.34. The SMILES string of the molecule is O=C(NCCNc1ccccc1[N+](=O)[O-])c1cc2c(s1)CCC2. The second-order valence-corrected chi connectivity index (χ2v) is 6.51. The van der Waals surface area contributed by atoms with E-state index in [-0.39, 0.29) is 11.6 Å². The maximum Gasteiger partial charge on any atom is 0.292 e. The molecule has 0 spiro atoms. The van der Waals surface area contributed by atoms with Crippen molar-refractivity contribution in [2.45, 2.75) is 19.3 Å². The largest absolute Gasteiger partial charge is 0.378 e. The molecule has 1 aromatic heterocycles. The van der Waals surface area contributed by atoms with Gasteiger partial charge in [0.1, 0.15) is 5.69 Å². The lowest BCUT2D eigenvalue weighted by atomic mass is 10.2. The Morgan fingerprint density at radius 2 is 2.09 bits per heavy atom. The van der Waals surface area contributed by atoms with E-state index in [1.807, 2.05) is 6.07 Å². The third kappa shape index (κ3) is 3.50. The van der Waals surface area contributed by atoms with Crippen LogP contribution in [0.4, 0.5) is 11.4 Å². The van der Waals surface area contributed by atoms with Gasteiger partial charge in [-0.15, -0.1) is 11.3 Å². The summed E-state index contributed by atoms with van der Waals surface area (Å²) >= 11 is 1.57. The molecular formula is C16H17N3O3S. The number of fused-ring (bicyclic) bond motifs is 1. The number of hydrogen-bond donors (Lipinski definition) is 2. The van der Waals surface area contributed by atoms with Crippen LogP contribution in [0.15, 0.2) is 30.3 Å². The number of rotatable bonds is 6. The number of carbonyl (C=O) groups excluding carboxylic acids is 1. The number of amides is 1. The van der Waals surface area contributed by atoms with Gasteiger partial charge in [-0.25, -0.2) is 0 Å². The molecule has 0 unspecified atom stereocenters. The van der Waals surface area contributed by atoms with E-state index in [0.717, 1.165) is 17.7 Å². The maximum atomic E-state index is 12.1. The number of anilines is 1. The number of carbonyl (C=O) groups is 1. The van der Waals surface area contributed by atoms with E-state index in [9.17, 15) is 14.9 Å². The number of hydrogen-bond acceptors (Lipinski definition) is 5. The highest BCUT2D eigenvalue weighted by Crippen LogP contribution is 2.30. The minimum Gasteiger partial charge on any atom is -0.378 e. The molecule has 0 fully saturated rings. The number of aryl methyl sites for hydroxylation is 2. The Balaban J connectivity index is 1.50. The molecule has 23 heavy (non-hydrogen) atoms. The van der Waals surface area contributed by atoms with Crippen molar-refractivity contribution in [2.24, 2.45) is 0 Å². The molecule has 1 aliphatic rings. The van der Waals surface area contributed by atoms with Gasteiger partial charge in [-0.1, -0.05) is 12.1 Å². The molecule has 1 aliphatic carbocycles. The van der Waals surface area contributed by atoms with Crippen molar-refractivity contribution < 1.29 is 9.72 Å². The summed E-state index contributed by atoms with van der Waals surface area (Å²) in [6.07, 6.45) is 3.33. The molecule has 2 aromatic rings. The van der Waals surface area contributed by atoms with Crippen molar-refractivity contribution in [1.29, 1.82) is 0 Å². The molecule has 1 aromatic carbocycles. The molecule has 0 saturated heterocycles. The maximum absolute atomic E-state index is 12.1. The number of nitrogens with one attached hydrogen (secondary N) is 2. The van der Waals surface area contributed by atoms with Crippen LogP contribution in [0.2, 0.25) is 0 Å². The summed E-state index contributed by atoms with van der Waals surface area (Å²) in [6.45, 7) is 0.842. The molecule has 7 heteroatoms. The van der Waals surface area contributed by atoms with Crippen molar-refractivity contribution in [3.63, 3.8) is 0 Å².